The summed E-state index contributed by atoms with van der Waals surface area (Å²) in [6, 6.07) is 4.00. The van der Waals surface area contributed by atoms with Crippen LogP contribution in [0.1, 0.15) is 17.9 Å². The lowest BCUT2D eigenvalue weighted by molar-refractivity contribution is -0.377. The number of hydrogen-bond donors (Lipinski definition) is 1. The zero-order chi connectivity index (χ0) is 19.4. The lowest BCUT2D eigenvalue weighted by atomic mass is 10.2. The van der Waals surface area contributed by atoms with E-state index in [4.69, 9.17) is 4.52 Å². The zero-order valence-electron chi connectivity index (χ0n) is 15.4. The van der Waals surface area contributed by atoms with Crippen LogP contribution in [0.25, 0.3) is 0 Å². The molecule has 0 aliphatic carbocycles. The van der Waals surface area contributed by atoms with E-state index in [1.165, 1.54) is 0 Å². The molecule has 2 aromatic rings. The van der Waals surface area contributed by atoms with E-state index in [1.807, 2.05) is 24.5 Å². The highest BCUT2D eigenvalue weighted by atomic mass is 32.2. The van der Waals surface area contributed by atoms with Crippen molar-refractivity contribution in [1.82, 2.24) is 14.8 Å². The predicted molar refractivity (Wildman–Crippen MR) is 97.6 cm³/mol. The van der Waals surface area contributed by atoms with Crippen LogP contribution < -0.4 is 14.6 Å². The van der Waals surface area contributed by atoms with Gasteiger partial charge in [-0.15, -0.1) is 0 Å². The number of carbonyl (C=O) groups excluding carboxylic acids is 1. The summed E-state index contributed by atoms with van der Waals surface area (Å²) in [5.41, 5.74) is 1.43. The van der Waals surface area contributed by atoms with Crippen LogP contribution in [0.5, 0.6) is 0 Å². The summed E-state index contributed by atoms with van der Waals surface area (Å²) in [6.45, 7) is 5.90. The molecule has 0 saturated carbocycles. The molecule has 1 amide bonds. The Bertz CT molecular complexity index is 870. The van der Waals surface area contributed by atoms with Gasteiger partial charge in [-0.2, -0.15) is 0 Å². The average Bonchev–Trinajstić information content (AvgIpc) is 3.01. The van der Waals surface area contributed by atoms with Gasteiger partial charge in [-0.25, -0.2) is 18.1 Å². The normalized spacial score (nSPS) is 15.2. The number of anilines is 1. The molecule has 2 aromatic heterocycles. The van der Waals surface area contributed by atoms with Crippen molar-refractivity contribution < 1.29 is 22.7 Å². The van der Waals surface area contributed by atoms with Crippen LogP contribution in [0, 0.1) is 13.8 Å². The van der Waals surface area contributed by atoms with Crippen molar-refractivity contribution in [2.24, 2.45) is 0 Å². The molecule has 1 aliphatic rings. The molecule has 0 unspecified atom stereocenters. The van der Waals surface area contributed by atoms with Gasteiger partial charge >= 0.3 is 0 Å². The molecule has 0 aromatic carbocycles. The Balaban J connectivity index is 1.48. The van der Waals surface area contributed by atoms with Crippen LogP contribution >= 0.6 is 0 Å². The fourth-order valence-electron chi connectivity index (χ4n) is 3.18. The van der Waals surface area contributed by atoms with Crippen molar-refractivity contribution in [3.8, 4) is 0 Å². The molecular formula is C17H24N5O4S+. The highest BCUT2D eigenvalue weighted by Crippen LogP contribution is 2.18. The first-order chi connectivity index (χ1) is 12.9. The van der Waals surface area contributed by atoms with Gasteiger partial charge in [0.15, 0.2) is 18.2 Å². The van der Waals surface area contributed by atoms with Gasteiger partial charge in [0.1, 0.15) is 10.6 Å². The second kappa shape index (κ2) is 8.05. The van der Waals surface area contributed by atoms with Gasteiger partial charge in [-0.1, -0.05) is 5.16 Å². The number of aromatic amines is 1. The molecule has 9 nitrogen and oxygen atoms in total. The maximum atomic E-state index is 12.4. The van der Waals surface area contributed by atoms with Crippen LogP contribution in [-0.4, -0.2) is 57.1 Å². The first kappa shape index (κ1) is 19.3. The van der Waals surface area contributed by atoms with Crippen LogP contribution in [0.4, 0.5) is 5.69 Å². The number of nitrogens with zero attached hydrogens (tertiary/aromatic N) is 3. The summed E-state index contributed by atoms with van der Waals surface area (Å²) in [6.07, 6.45) is 3.86. The fourth-order valence-corrected chi connectivity index (χ4v) is 4.54. The number of piperazine rings is 1. The molecular weight excluding hydrogens is 370 g/mol. The highest BCUT2D eigenvalue weighted by molar-refractivity contribution is 7.89. The molecule has 1 fully saturated rings. The maximum absolute atomic E-state index is 12.4. The summed E-state index contributed by atoms with van der Waals surface area (Å²) in [5.74, 6) is 0.179. The number of aryl methyl sites for hydroxylation is 2. The third-order valence-electron chi connectivity index (χ3n) is 4.57. The van der Waals surface area contributed by atoms with E-state index in [1.54, 1.807) is 18.7 Å². The maximum Gasteiger partial charge on any atom is 0.245 e. The minimum atomic E-state index is -3.74. The zero-order valence-corrected chi connectivity index (χ0v) is 16.3. The molecule has 27 heavy (non-hydrogen) atoms. The molecule has 146 valence electrons. The van der Waals surface area contributed by atoms with Crippen molar-refractivity contribution in [3.63, 3.8) is 0 Å². The van der Waals surface area contributed by atoms with E-state index in [0.29, 0.717) is 18.8 Å². The van der Waals surface area contributed by atoms with E-state index >= 15 is 0 Å². The second-order valence-electron chi connectivity index (χ2n) is 6.43. The van der Waals surface area contributed by atoms with E-state index in [9.17, 15) is 13.2 Å². The summed E-state index contributed by atoms with van der Waals surface area (Å²) in [7, 11) is -3.74. The molecule has 10 heteroatoms. The highest BCUT2D eigenvalue weighted by Gasteiger charge is 2.25. The standard InChI is InChI=1S/C17H23N5O4S/c1-13-17(14(2)26-20-13)27(24,25)19-8-5-16(23)22-11-9-21(10-12-22)15-3-6-18-7-4-15/h3-4,6-7,19H,5,8-12H2,1-2H3/p+1. The van der Waals surface area contributed by atoms with Gasteiger partial charge in [0.25, 0.3) is 0 Å². The smallest absolute Gasteiger partial charge is 0.245 e. The Morgan fingerprint density at radius 1 is 1.22 bits per heavy atom. The van der Waals surface area contributed by atoms with Gasteiger partial charge in [-0.05, 0) is 13.8 Å². The topological polar surface area (TPSA) is 110 Å². The van der Waals surface area contributed by atoms with Gasteiger partial charge in [0, 0.05) is 57.0 Å². The second-order valence-corrected chi connectivity index (χ2v) is 8.13. The van der Waals surface area contributed by atoms with E-state index < -0.39 is 10.0 Å². The molecule has 0 spiro atoms. The number of H-pyrrole nitrogens is 1. The average molecular weight is 394 g/mol. The molecule has 3 heterocycles. The lowest BCUT2D eigenvalue weighted by Crippen LogP contribution is -2.49. The number of pyridine rings is 1. The number of nitrogens with one attached hydrogen (secondary N) is 2. The molecule has 1 aliphatic heterocycles. The number of aromatic nitrogens is 2. The van der Waals surface area contributed by atoms with Crippen LogP contribution in [-0.2, 0) is 14.8 Å². The van der Waals surface area contributed by atoms with Crippen LogP contribution in [0.15, 0.2) is 33.9 Å². The monoisotopic (exact) mass is 394 g/mol. The van der Waals surface area contributed by atoms with Crippen molar-refractivity contribution >= 4 is 21.6 Å². The van der Waals surface area contributed by atoms with Gasteiger partial charge in [0.05, 0.1) is 0 Å². The number of sulfonamides is 1. The van der Waals surface area contributed by atoms with Crippen molar-refractivity contribution in [2.75, 3.05) is 37.6 Å². The number of rotatable bonds is 6. The number of hydrogen-bond acceptors (Lipinski definition) is 6. The van der Waals surface area contributed by atoms with E-state index in [2.05, 4.69) is 19.8 Å². The number of amides is 1. The van der Waals surface area contributed by atoms with Crippen molar-refractivity contribution in [2.45, 2.75) is 25.2 Å². The van der Waals surface area contributed by atoms with E-state index in [0.717, 1.165) is 18.8 Å². The Hall–Kier alpha value is -2.46. The number of carbonyl (C=O) groups is 1. The molecule has 2 N–H and O–H groups in total. The lowest BCUT2D eigenvalue weighted by Gasteiger charge is -2.35. The third kappa shape index (κ3) is 4.45. The summed E-state index contributed by atoms with van der Waals surface area (Å²) < 4.78 is 32.1. The fraction of sp³-hybridized carbons (Fsp3) is 0.471. The first-order valence-electron chi connectivity index (χ1n) is 8.80. The minimum absolute atomic E-state index is 0.0416. The Morgan fingerprint density at radius 3 is 2.48 bits per heavy atom. The Labute approximate surface area is 158 Å². The molecule has 0 atom stereocenters. The minimum Gasteiger partial charge on any atom is -0.368 e. The molecule has 0 radical (unpaired) electrons. The largest absolute Gasteiger partial charge is 0.368 e. The summed E-state index contributed by atoms with van der Waals surface area (Å²) >= 11 is 0. The Kier molecular flexibility index (Phi) is 5.76. The quantitative estimate of drug-likeness (QED) is 0.745. The first-order valence-corrected chi connectivity index (χ1v) is 10.3. The van der Waals surface area contributed by atoms with Crippen molar-refractivity contribution in [3.05, 3.63) is 36.0 Å². The van der Waals surface area contributed by atoms with Crippen molar-refractivity contribution in [1.29, 1.82) is 0 Å². The van der Waals surface area contributed by atoms with E-state index in [-0.39, 0.29) is 29.5 Å². The predicted octanol–water partition coefficient (Wildman–Crippen LogP) is 0.123. The summed E-state index contributed by atoms with van der Waals surface area (Å²) in [4.78, 5) is 19.4. The summed E-state index contributed by atoms with van der Waals surface area (Å²) in [5, 5.41) is 3.66. The molecule has 1 saturated heterocycles. The van der Waals surface area contributed by atoms with Crippen LogP contribution in [0.2, 0.25) is 0 Å². The Morgan fingerprint density at radius 2 is 1.89 bits per heavy atom. The van der Waals surface area contributed by atoms with Gasteiger partial charge in [0.2, 0.25) is 15.9 Å². The third-order valence-corrected chi connectivity index (χ3v) is 6.27. The SMILES string of the molecule is Cc1noc(C)c1S(=O)(=O)NCCC(=O)N1CCN(c2cc[nH+]cc2)CC1. The van der Waals surface area contributed by atoms with Gasteiger partial charge in [-0.3, -0.25) is 4.79 Å². The molecule has 0 bridgehead atoms. The molecule has 3 rings (SSSR count). The van der Waals surface area contributed by atoms with Gasteiger partial charge < -0.3 is 14.3 Å². The van der Waals surface area contributed by atoms with Crippen LogP contribution in [0.3, 0.4) is 0 Å².